The summed E-state index contributed by atoms with van der Waals surface area (Å²) in [6.07, 6.45) is 0. The Balaban J connectivity index is 1.30. The minimum atomic E-state index is 0.561. The van der Waals surface area contributed by atoms with Gasteiger partial charge in [-0.1, -0.05) is 109 Å². The molecule has 0 aliphatic carbocycles. The number of nitriles is 2. The summed E-state index contributed by atoms with van der Waals surface area (Å²) in [7, 11) is 0. The highest BCUT2D eigenvalue weighted by molar-refractivity contribution is 6.11. The fourth-order valence-corrected chi connectivity index (χ4v) is 7.36. The Morgan fingerprint density at radius 2 is 0.958 bits per heavy atom. The van der Waals surface area contributed by atoms with Gasteiger partial charge in [0.15, 0.2) is 0 Å². The van der Waals surface area contributed by atoms with Gasteiger partial charge < -0.3 is 9.13 Å². The van der Waals surface area contributed by atoms with Crippen LogP contribution in [0.25, 0.3) is 77.2 Å². The van der Waals surface area contributed by atoms with Crippen molar-refractivity contribution in [1.82, 2.24) is 9.13 Å². The molecule has 0 aliphatic heterocycles. The van der Waals surface area contributed by atoms with Crippen molar-refractivity contribution >= 4 is 43.6 Å². The fourth-order valence-electron chi connectivity index (χ4n) is 7.36. The zero-order valence-corrected chi connectivity index (χ0v) is 25.8. The maximum Gasteiger partial charge on any atom is 0.101 e. The lowest BCUT2D eigenvalue weighted by atomic mass is 9.92. The molecular weight excluding hydrogens is 585 g/mol. The topological polar surface area (TPSA) is 57.4 Å². The van der Waals surface area contributed by atoms with Crippen LogP contribution in [0.1, 0.15) is 11.1 Å². The Kier molecular flexibility index (Phi) is 6.22. The average molecular weight is 611 g/mol. The molecule has 48 heavy (non-hydrogen) atoms. The van der Waals surface area contributed by atoms with Crippen LogP contribution in [0.2, 0.25) is 0 Å². The second-order valence-corrected chi connectivity index (χ2v) is 12.0. The molecule has 0 spiro atoms. The number of rotatable bonds is 4. The molecule has 0 saturated heterocycles. The molecule has 0 unspecified atom stereocenters. The van der Waals surface area contributed by atoms with Crippen LogP contribution in [-0.2, 0) is 0 Å². The van der Waals surface area contributed by atoms with E-state index in [0.717, 1.165) is 66.5 Å². The van der Waals surface area contributed by atoms with E-state index in [-0.39, 0.29) is 0 Å². The van der Waals surface area contributed by atoms with Crippen LogP contribution >= 0.6 is 0 Å². The van der Waals surface area contributed by atoms with E-state index in [0.29, 0.717) is 11.1 Å². The van der Waals surface area contributed by atoms with Gasteiger partial charge in [-0.15, -0.1) is 0 Å². The molecule has 9 aromatic rings. The number of hydrogen-bond acceptors (Lipinski definition) is 2. The first-order valence-corrected chi connectivity index (χ1v) is 15.9. The molecule has 2 aromatic heterocycles. The molecule has 222 valence electrons. The number of benzene rings is 7. The van der Waals surface area contributed by atoms with Crippen molar-refractivity contribution in [3.8, 4) is 45.8 Å². The highest BCUT2D eigenvalue weighted by atomic mass is 15.0. The van der Waals surface area contributed by atoms with Crippen LogP contribution in [0.15, 0.2) is 158 Å². The quantitative estimate of drug-likeness (QED) is 0.199. The van der Waals surface area contributed by atoms with E-state index in [1.54, 1.807) is 0 Å². The van der Waals surface area contributed by atoms with Gasteiger partial charge in [-0.25, -0.2) is 0 Å². The molecule has 0 atom stereocenters. The summed E-state index contributed by atoms with van der Waals surface area (Å²) in [6, 6.07) is 59.0. The number of hydrogen-bond donors (Lipinski definition) is 0. The second kappa shape index (κ2) is 10.9. The Morgan fingerprint density at radius 3 is 1.62 bits per heavy atom. The number of fused-ring (bicyclic) bond motifs is 6. The van der Waals surface area contributed by atoms with Crippen LogP contribution in [0.5, 0.6) is 0 Å². The first kappa shape index (κ1) is 27.4. The molecule has 4 heteroatoms. The minimum Gasteiger partial charge on any atom is -0.309 e. The van der Waals surface area contributed by atoms with Crippen LogP contribution in [0.4, 0.5) is 0 Å². The third-order valence-electron chi connectivity index (χ3n) is 9.40. The second-order valence-electron chi connectivity index (χ2n) is 12.0. The Hall–Kier alpha value is -6.88. The molecule has 2 heterocycles. The molecular formula is C44H26N4. The van der Waals surface area contributed by atoms with Crippen LogP contribution in [0.3, 0.4) is 0 Å². The molecule has 0 radical (unpaired) electrons. The Labute approximate surface area is 277 Å². The summed E-state index contributed by atoms with van der Waals surface area (Å²) in [6.45, 7) is 0. The molecule has 7 aromatic carbocycles. The number of para-hydroxylation sites is 4. The maximum atomic E-state index is 10.5. The third-order valence-corrected chi connectivity index (χ3v) is 9.40. The lowest BCUT2D eigenvalue weighted by molar-refractivity contribution is 1.17. The molecule has 4 nitrogen and oxygen atoms in total. The van der Waals surface area contributed by atoms with E-state index in [1.165, 1.54) is 10.8 Å². The van der Waals surface area contributed by atoms with Crippen molar-refractivity contribution in [2.24, 2.45) is 0 Å². The van der Waals surface area contributed by atoms with Crippen LogP contribution in [0, 0.1) is 22.7 Å². The summed E-state index contributed by atoms with van der Waals surface area (Å²) in [5, 5.41) is 24.9. The molecule has 0 fully saturated rings. The van der Waals surface area contributed by atoms with E-state index in [9.17, 15) is 10.5 Å². The molecule has 0 saturated carbocycles. The zero-order chi connectivity index (χ0) is 32.2. The van der Waals surface area contributed by atoms with Gasteiger partial charge in [0.05, 0.1) is 45.0 Å². The average Bonchev–Trinajstić information content (AvgIpc) is 3.67. The number of nitrogens with zero attached hydrogens (tertiary/aromatic N) is 4. The first-order chi connectivity index (χ1) is 23.7. The lowest BCUT2D eigenvalue weighted by Crippen LogP contribution is -2.02. The van der Waals surface area contributed by atoms with E-state index in [2.05, 4.69) is 137 Å². The van der Waals surface area contributed by atoms with Crippen molar-refractivity contribution in [3.63, 3.8) is 0 Å². The lowest BCUT2D eigenvalue weighted by Gasteiger charge is -2.19. The molecule has 0 N–H and O–H groups in total. The van der Waals surface area contributed by atoms with Crippen molar-refractivity contribution in [1.29, 1.82) is 10.5 Å². The normalized spacial score (nSPS) is 11.3. The largest absolute Gasteiger partial charge is 0.309 e. The highest BCUT2D eigenvalue weighted by Gasteiger charge is 2.21. The first-order valence-electron chi connectivity index (χ1n) is 15.9. The predicted molar refractivity (Wildman–Crippen MR) is 195 cm³/mol. The molecule has 0 amide bonds. The van der Waals surface area contributed by atoms with Gasteiger partial charge >= 0.3 is 0 Å². The summed E-state index contributed by atoms with van der Waals surface area (Å²) < 4.78 is 4.49. The Bertz CT molecular complexity index is 2760. The maximum absolute atomic E-state index is 10.5. The summed E-state index contributed by atoms with van der Waals surface area (Å²) >= 11 is 0. The Morgan fingerprint density at radius 1 is 0.396 bits per heavy atom. The van der Waals surface area contributed by atoms with Crippen molar-refractivity contribution in [2.45, 2.75) is 0 Å². The highest BCUT2D eigenvalue weighted by Crippen LogP contribution is 2.42. The van der Waals surface area contributed by atoms with Crippen molar-refractivity contribution < 1.29 is 0 Å². The van der Waals surface area contributed by atoms with E-state index < -0.39 is 0 Å². The van der Waals surface area contributed by atoms with Gasteiger partial charge in [0.1, 0.15) is 6.07 Å². The predicted octanol–water partition coefficient (Wildman–Crippen LogP) is 11.0. The van der Waals surface area contributed by atoms with E-state index >= 15 is 0 Å². The van der Waals surface area contributed by atoms with Gasteiger partial charge in [-0.2, -0.15) is 10.5 Å². The fraction of sp³-hybridized carbons (Fsp3) is 0. The van der Waals surface area contributed by atoms with Gasteiger partial charge in [-0.3, -0.25) is 0 Å². The van der Waals surface area contributed by atoms with Crippen LogP contribution < -0.4 is 0 Å². The standard InChI is InChI=1S/C44H26N4/c45-27-29-23-24-38-37-18-5-8-22-42(37)48(43(38)25-29)44-31(28-46)12-10-19-39(44)34-15-2-1-14-33(34)30-11-9-13-32(26-30)47-40-20-6-3-16-35(40)36-17-4-7-21-41(36)47/h1-26H. The summed E-state index contributed by atoms with van der Waals surface area (Å²) in [5.74, 6) is 0. The smallest absolute Gasteiger partial charge is 0.101 e. The SMILES string of the molecule is N#Cc1ccc2c3ccccc3n(-c3c(C#N)cccc3-c3ccccc3-c3cccc(-n4c5ccccc5c5ccccc54)c3)c2c1. The molecule has 0 bridgehead atoms. The third kappa shape index (κ3) is 4.07. The minimum absolute atomic E-state index is 0.561. The summed E-state index contributed by atoms with van der Waals surface area (Å²) in [4.78, 5) is 0. The zero-order valence-electron chi connectivity index (χ0n) is 25.8. The van der Waals surface area contributed by atoms with Gasteiger partial charge in [0, 0.05) is 32.8 Å². The molecule has 9 rings (SSSR count). The van der Waals surface area contributed by atoms with Gasteiger partial charge in [0.2, 0.25) is 0 Å². The van der Waals surface area contributed by atoms with Crippen molar-refractivity contribution in [3.05, 3.63) is 169 Å². The van der Waals surface area contributed by atoms with E-state index in [1.807, 2.05) is 42.5 Å². The van der Waals surface area contributed by atoms with Crippen LogP contribution in [-0.4, -0.2) is 9.13 Å². The molecule has 0 aliphatic rings. The summed E-state index contributed by atoms with van der Waals surface area (Å²) in [5.41, 5.74) is 11.3. The monoisotopic (exact) mass is 610 g/mol. The van der Waals surface area contributed by atoms with Gasteiger partial charge in [0.25, 0.3) is 0 Å². The number of aromatic nitrogens is 2. The van der Waals surface area contributed by atoms with Gasteiger partial charge in [-0.05, 0) is 65.2 Å². The van der Waals surface area contributed by atoms with Crippen molar-refractivity contribution in [2.75, 3.05) is 0 Å². The van der Waals surface area contributed by atoms with E-state index in [4.69, 9.17) is 0 Å².